The molecule has 0 radical (unpaired) electrons. The van der Waals surface area contributed by atoms with E-state index in [4.69, 9.17) is 10.5 Å². The lowest BCUT2D eigenvalue weighted by Crippen LogP contribution is -2.48. The summed E-state index contributed by atoms with van der Waals surface area (Å²) in [5, 5.41) is 2.69. The third kappa shape index (κ3) is 5.36. The first-order valence-electron chi connectivity index (χ1n) is 6.45. The quantitative estimate of drug-likeness (QED) is 0.796. The maximum absolute atomic E-state index is 11.6. The predicted octanol–water partition coefficient (Wildman–Crippen LogP) is 0.665. The average molecular weight is 292 g/mol. The number of nitrogens with two attached hydrogens (primary N) is 1. The van der Waals surface area contributed by atoms with Crippen molar-refractivity contribution in [1.82, 2.24) is 5.32 Å². The number of hydrogen-bond acceptors (Lipinski definition) is 5. The van der Waals surface area contributed by atoms with Crippen LogP contribution in [0.4, 0.5) is 4.79 Å². The molecule has 1 saturated heterocycles. The topological polar surface area (TPSA) is 98.5 Å². The summed E-state index contributed by atoms with van der Waals surface area (Å²) in [4.78, 5) is 11.6. The third-order valence-electron chi connectivity index (χ3n) is 3.33. The van der Waals surface area contributed by atoms with Crippen LogP contribution in [0.5, 0.6) is 0 Å². The summed E-state index contributed by atoms with van der Waals surface area (Å²) in [5.41, 5.74) is 4.88. The van der Waals surface area contributed by atoms with E-state index >= 15 is 0 Å². The van der Waals surface area contributed by atoms with E-state index in [9.17, 15) is 13.2 Å². The van der Waals surface area contributed by atoms with Gasteiger partial charge in [-0.05, 0) is 40.2 Å². The molecular formula is C12H24N2O4S. The van der Waals surface area contributed by atoms with Gasteiger partial charge in [0.25, 0.3) is 0 Å². The minimum atomic E-state index is -2.93. The molecule has 19 heavy (non-hydrogen) atoms. The predicted molar refractivity (Wildman–Crippen MR) is 73.6 cm³/mol. The molecule has 0 saturated carbocycles. The SMILES string of the molecule is CC(C)(C)OC(=O)NCC1(CN)CCS(=O)(=O)CC1. The van der Waals surface area contributed by atoms with Crippen molar-refractivity contribution in [2.75, 3.05) is 24.6 Å². The first kappa shape index (κ1) is 16.2. The Morgan fingerprint density at radius 1 is 1.32 bits per heavy atom. The second-order valence-corrected chi connectivity index (χ2v) is 8.52. The molecule has 1 aliphatic heterocycles. The van der Waals surface area contributed by atoms with Crippen molar-refractivity contribution in [2.45, 2.75) is 39.2 Å². The van der Waals surface area contributed by atoms with Crippen molar-refractivity contribution >= 4 is 15.9 Å². The van der Waals surface area contributed by atoms with Crippen LogP contribution in [0.25, 0.3) is 0 Å². The summed E-state index contributed by atoms with van der Waals surface area (Å²) in [7, 11) is -2.93. The zero-order valence-corrected chi connectivity index (χ0v) is 12.7. The van der Waals surface area contributed by atoms with Gasteiger partial charge in [0.1, 0.15) is 15.4 Å². The molecule has 0 unspecified atom stereocenters. The molecule has 0 aromatic heterocycles. The minimum Gasteiger partial charge on any atom is -0.444 e. The molecular weight excluding hydrogens is 268 g/mol. The highest BCUT2D eigenvalue weighted by atomic mass is 32.2. The van der Waals surface area contributed by atoms with Gasteiger partial charge in [0.05, 0.1) is 11.5 Å². The van der Waals surface area contributed by atoms with Crippen molar-refractivity contribution in [3.63, 3.8) is 0 Å². The van der Waals surface area contributed by atoms with Crippen LogP contribution in [0.2, 0.25) is 0 Å². The second kappa shape index (κ2) is 5.66. The van der Waals surface area contributed by atoms with Crippen LogP contribution in [-0.2, 0) is 14.6 Å². The maximum atomic E-state index is 11.6. The molecule has 0 bridgehead atoms. The highest BCUT2D eigenvalue weighted by Crippen LogP contribution is 2.30. The molecule has 112 valence electrons. The summed E-state index contributed by atoms with van der Waals surface area (Å²) in [6.07, 6.45) is 0.484. The van der Waals surface area contributed by atoms with E-state index in [-0.39, 0.29) is 16.9 Å². The Morgan fingerprint density at radius 3 is 2.26 bits per heavy atom. The summed E-state index contributed by atoms with van der Waals surface area (Å²) >= 11 is 0. The highest BCUT2D eigenvalue weighted by Gasteiger charge is 2.36. The number of carbonyl (C=O) groups excluding carboxylic acids is 1. The first-order valence-corrected chi connectivity index (χ1v) is 8.27. The van der Waals surface area contributed by atoms with Gasteiger partial charge in [-0.2, -0.15) is 0 Å². The van der Waals surface area contributed by atoms with E-state index in [2.05, 4.69) is 5.32 Å². The van der Waals surface area contributed by atoms with E-state index in [1.807, 2.05) is 0 Å². The van der Waals surface area contributed by atoms with Gasteiger partial charge in [0, 0.05) is 12.0 Å². The van der Waals surface area contributed by atoms with Gasteiger partial charge in [0.2, 0.25) is 0 Å². The van der Waals surface area contributed by atoms with Gasteiger partial charge < -0.3 is 15.8 Å². The second-order valence-electron chi connectivity index (χ2n) is 6.21. The Bertz CT molecular complexity index is 412. The number of alkyl carbamates (subject to hydrolysis) is 1. The molecule has 6 nitrogen and oxygen atoms in total. The number of hydrogen-bond donors (Lipinski definition) is 2. The van der Waals surface area contributed by atoms with E-state index in [1.165, 1.54) is 0 Å². The lowest BCUT2D eigenvalue weighted by molar-refractivity contribution is 0.0497. The lowest BCUT2D eigenvalue weighted by atomic mass is 9.82. The van der Waals surface area contributed by atoms with E-state index in [0.29, 0.717) is 25.9 Å². The van der Waals surface area contributed by atoms with Crippen molar-refractivity contribution in [3.8, 4) is 0 Å². The minimum absolute atomic E-state index is 0.139. The summed E-state index contributed by atoms with van der Waals surface area (Å²) < 4.78 is 28.0. The van der Waals surface area contributed by atoms with Crippen LogP contribution in [0.3, 0.4) is 0 Å². The molecule has 0 atom stereocenters. The van der Waals surface area contributed by atoms with Crippen molar-refractivity contribution < 1.29 is 17.9 Å². The van der Waals surface area contributed by atoms with Crippen LogP contribution in [0.1, 0.15) is 33.6 Å². The number of rotatable bonds is 3. The summed E-state index contributed by atoms with van der Waals surface area (Å²) in [6.45, 7) is 6.08. The van der Waals surface area contributed by atoms with Crippen LogP contribution in [-0.4, -0.2) is 44.7 Å². The summed E-state index contributed by atoms with van der Waals surface area (Å²) in [6, 6.07) is 0. The van der Waals surface area contributed by atoms with Crippen LogP contribution >= 0.6 is 0 Å². The fraction of sp³-hybridized carbons (Fsp3) is 0.917. The molecule has 7 heteroatoms. The van der Waals surface area contributed by atoms with Crippen LogP contribution < -0.4 is 11.1 Å². The van der Waals surface area contributed by atoms with Crippen molar-refractivity contribution in [1.29, 1.82) is 0 Å². The van der Waals surface area contributed by atoms with Gasteiger partial charge in [-0.3, -0.25) is 0 Å². The lowest BCUT2D eigenvalue weighted by Gasteiger charge is -2.36. The summed E-state index contributed by atoms with van der Waals surface area (Å²) in [5.74, 6) is 0.278. The van der Waals surface area contributed by atoms with Gasteiger partial charge >= 0.3 is 6.09 Å². The zero-order valence-electron chi connectivity index (χ0n) is 11.9. The molecule has 1 amide bonds. The molecule has 1 fully saturated rings. The normalized spacial score (nSPS) is 21.7. The fourth-order valence-corrected chi connectivity index (χ4v) is 3.69. The number of carbonyl (C=O) groups is 1. The Hall–Kier alpha value is -0.820. The zero-order chi connectivity index (χ0) is 14.7. The number of amides is 1. The molecule has 1 rings (SSSR count). The smallest absolute Gasteiger partial charge is 0.407 e. The van der Waals surface area contributed by atoms with Crippen molar-refractivity contribution in [3.05, 3.63) is 0 Å². The number of ether oxygens (including phenoxy) is 1. The molecule has 1 aliphatic rings. The Morgan fingerprint density at radius 2 is 1.84 bits per heavy atom. The van der Waals surface area contributed by atoms with E-state index in [0.717, 1.165) is 0 Å². The van der Waals surface area contributed by atoms with E-state index in [1.54, 1.807) is 20.8 Å². The Balaban J connectivity index is 2.52. The maximum Gasteiger partial charge on any atom is 0.407 e. The van der Waals surface area contributed by atoms with Gasteiger partial charge in [-0.25, -0.2) is 13.2 Å². The average Bonchev–Trinajstić information content (AvgIpc) is 2.26. The van der Waals surface area contributed by atoms with Crippen LogP contribution in [0.15, 0.2) is 0 Å². The van der Waals surface area contributed by atoms with Gasteiger partial charge in [-0.15, -0.1) is 0 Å². The Kier molecular flexibility index (Phi) is 4.84. The monoisotopic (exact) mass is 292 g/mol. The van der Waals surface area contributed by atoms with Gasteiger partial charge in [-0.1, -0.05) is 0 Å². The molecule has 0 aliphatic carbocycles. The highest BCUT2D eigenvalue weighted by molar-refractivity contribution is 7.91. The molecule has 0 aromatic carbocycles. The number of sulfone groups is 1. The molecule has 0 aromatic rings. The Labute approximate surface area is 115 Å². The largest absolute Gasteiger partial charge is 0.444 e. The standard InChI is InChI=1S/C12H24N2O4S/c1-11(2,3)18-10(15)14-9-12(8-13)4-6-19(16,17)7-5-12/h4-9,13H2,1-3H3,(H,14,15). The number of nitrogens with one attached hydrogen (secondary N) is 1. The first-order chi connectivity index (χ1) is 8.58. The molecule has 3 N–H and O–H groups in total. The van der Waals surface area contributed by atoms with E-state index < -0.39 is 21.5 Å². The van der Waals surface area contributed by atoms with Crippen molar-refractivity contribution in [2.24, 2.45) is 11.1 Å². The molecule has 0 spiro atoms. The fourth-order valence-electron chi connectivity index (χ4n) is 2.00. The molecule has 1 heterocycles. The van der Waals surface area contributed by atoms with Gasteiger partial charge in [0.15, 0.2) is 0 Å². The van der Waals surface area contributed by atoms with Crippen LogP contribution in [0, 0.1) is 5.41 Å². The third-order valence-corrected chi connectivity index (χ3v) is 4.98.